The van der Waals surface area contributed by atoms with Gasteiger partial charge in [0.15, 0.2) is 9.84 Å². The van der Waals surface area contributed by atoms with E-state index in [0.29, 0.717) is 17.7 Å². The molecule has 0 saturated carbocycles. The summed E-state index contributed by atoms with van der Waals surface area (Å²) in [5.41, 5.74) is 1.80. The zero-order valence-electron chi connectivity index (χ0n) is 11.2. The molecule has 2 rings (SSSR count). The van der Waals surface area contributed by atoms with Crippen molar-refractivity contribution in [1.29, 1.82) is 0 Å². The molecule has 0 aromatic heterocycles. The molecule has 0 bridgehead atoms. The lowest BCUT2D eigenvalue weighted by atomic mass is 10.0. The van der Waals surface area contributed by atoms with E-state index in [-0.39, 0.29) is 12.4 Å². The topological polar surface area (TPSA) is 54.4 Å². The Balaban J connectivity index is 2.26. The Hall–Kier alpha value is -1.65. The molecule has 0 heterocycles. The van der Waals surface area contributed by atoms with Gasteiger partial charge in [-0.2, -0.15) is 0 Å². The average molecular weight is 290 g/mol. The highest BCUT2D eigenvalue weighted by Gasteiger charge is 2.16. The predicted molar refractivity (Wildman–Crippen MR) is 79.2 cm³/mol. The highest BCUT2D eigenvalue weighted by molar-refractivity contribution is 7.90. The molecule has 0 atom stereocenters. The first kappa shape index (κ1) is 14.8. The van der Waals surface area contributed by atoms with Crippen LogP contribution in [0, 0.1) is 0 Å². The lowest BCUT2D eigenvalue weighted by Crippen LogP contribution is -2.07. The second-order valence-corrected chi connectivity index (χ2v) is 6.66. The molecule has 20 heavy (non-hydrogen) atoms. The number of rotatable bonds is 6. The molecular formula is C16H18O3S. The molecule has 3 nitrogen and oxygen atoms in total. The van der Waals surface area contributed by atoms with Crippen LogP contribution in [0.5, 0.6) is 0 Å². The van der Waals surface area contributed by atoms with Crippen LogP contribution in [0.4, 0.5) is 0 Å². The number of benzene rings is 2. The minimum Gasteiger partial charge on any atom is -0.396 e. The van der Waals surface area contributed by atoms with Crippen LogP contribution in [0.2, 0.25) is 0 Å². The maximum absolute atomic E-state index is 12.4. The van der Waals surface area contributed by atoms with Gasteiger partial charge in [-0.05, 0) is 36.1 Å². The van der Waals surface area contributed by atoms with E-state index >= 15 is 0 Å². The maximum Gasteiger partial charge on any atom is 0.182 e. The number of sulfone groups is 1. The van der Waals surface area contributed by atoms with Gasteiger partial charge in [-0.3, -0.25) is 0 Å². The van der Waals surface area contributed by atoms with Crippen molar-refractivity contribution in [1.82, 2.24) is 0 Å². The summed E-state index contributed by atoms with van der Waals surface area (Å²) in [4.78, 5) is 0.344. The number of hydrogen-bond acceptors (Lipinski definition) is 3. The Morgan fingerprint density at radius 1 is 0.850 bits per heavy atom. The van der Waals surface area contributed by atoms with Gasteiger partial charge in [-0.1, -0.05) is 42.5 Å². The van der Waals surface area contributed by atoms with Gasteiger partial charge in [0, 0.05) is 6.61 Å². The first-order chi connectivity index (χ1) is 9.63. The van der Waals surface area contributed by atoms with Crippen LogP contribution >= 0.6 is 0 Å². The van der Waals surface area contributed by atoms with E-state index in [2.05, 4.69) is 0 Å². The molecule has 0 unspecified atom stereocenters. The Kier molecular flexibility index (Phi) is 4.93. The monoisotopic (exact) mass is 290 g/mol. The highest BCUT2D eigenvalue weighted by Crippen LogP contribution is 2.19. The molecule has 2 aromatic carbocycles. The van der Waals surface area contributed by atoms with Gasteiger partial charge < -0.3 is 5.11 Å². The summed E-state index contributed by atoms with van der Waals surface area (Å²) in [6.45, 7) is 0.111. The van der Waals surface area contributed by atoms with Gasteiger partial charge in [0.25, 0.3) is 0 Å². The molecule has 4 heteroatoms. The molecular weight excluding hydrogens is 272 g/mol. The molecule has 0 amide bonds. The molecule has 0 aliphatic rings. The van der Waals surface area contributed by atoms with Gasteiger partial charge in [-0.25, -0.2) is 8.42 Å². The van der Waals surface area contributed by atoms with E-state index in [1.165, 1.54) is 0 Å². The smallest absolute Gasteiger partial charge is 0.182 e. The Labute approximate surface area is 119 Å². The molecule has 0 fully saturated rings. The first-order valence-corrected chi connectivity index (χ1v) is 8.24. The van der Waals surface area contributed by atoms with Gasteiger partial charge in [0.1, 0.15) is 0 Å². The maximum atomic E-state index is 12.4. The minimum absolute atomic E-state index is 0.00137. The Morgan fingerprint density at radius 3 is 2.10 bits per heavy atom. The van der Waals surface area contributed by atoms with Gasteiger partial charge in [0.2, 0.25) is 0 Å². The van der Waals surface area contributed by atoms with Crippen molar-refractivity contribution in [3.8, 4) is 0 Å². The fourth-order valence-corrected chi connectivity index (χ4v) is 3.56. The molecule has 0 radical (unpaired) electrons. The SMILES string of the molecule is O=S(=O)(Cc1ccccc1CCCO)c1ccccc1. The number of aryl methyl sites for hydroxylation is 1. The van der Waals surface area contributed by atoms with Crippen molar-refractivity contribution >= 4 is 9.84 Å². The lowest BCUT2D eigenvalue weighted by molar-refractivity contribution is 0.288. The van der Waals surface area contributed by atoms with E-state index < -0.39 is 9.84 Å². The fourth-order valence-electron chi connectivity index (χ4n) is 2.13. The number of aliphatic hydroxyl groups excluding tert-OH is 1. The lowest BCUT2D eigenvalue weighted by Gasteiger charge is -2.10. The van der Waals surface area contributed by atoms with Crippen molar-refractivity contribution in [2.75, 3.05) is 6.61 Å². The Bertz CT molecular complexity index is 648. The van der Waals surface area contributed by atoms with Gasteiger partial charge in [0.05, 0.1) is 10.6 Å². The summed E-state index contributed by atoms with van der Waals surface area (Å²) in [7, 11) is -3.32. The minimum atomic E-state index is -3.32. The van der Waals surface area contributed by atoms with E-state index in [0.717, 1.165) is 11.1 Å². The van der Waals surface area contributed by atoms with Crippen LogP contribution in [0.1, 0.15) is 17.5 Å². The molecule has 0 aliphatic carbocycles. The average Bonchev–Trinajstić information content (AvgIpc) is 2.47. The van der Waals surface area contributed by atoms with E-state index in [1.807, 2.05) is 24.3 Å². The molecule has 106 valence electrons. The molecule has 0 aliphatic heterocycles. The van der Waals surface area contributed by atoms with Gasteiger partial charge >= 0.3 is 0 Å². The van der Waals surface area contributed by atoms with Gasteiger partial charge in [-0.15, -0.1) is 0 Å². The summed E-state index contributed by atoms with van der Waals surface area (Å²) in [6.07, 6.45) is 1.33. The summed E-state index contributed by atoms with van der Waals surface area (Å²) in [5, 5.41) is 8.91. The largest absolute Gasteiger partial charge is 0.396 e. The summed E-state index contributed by atoms with van der Waals surface area (Å²) in [5.74, 6) is -0.00137. The third-order valence-corrected chi connectivity index (χ3v) is 4.85. The normalized spacial score (nSPS) is 11.4. The van der Waals surface area contributed by atoms with Crippen molar-refractivity contribution in [3.05, 3.63) is 65.7 Å². The van der Waals surface area contributed by atoms with Crippen LogP contribution in [0.3, 0.4) is 0 Å². The standard InChI is InChI=1S/C16H18O3S/c17-12-6-9-14-7-4-5-8-15(14)13-20(18,19)16-10-2-1-3-11-16/h1-5,7-8,10-11,17H,6,9,12-13H2. The number of aliphatic hydroxyl groups is 1. The van der Waals surface area contributed by atoms with E-state index in [9.17, 15) is 8.42 Å². The zero-order chi connectivity index (χ0) is 14.4. The van der Waals surface area contributed by atoms with Crippen molar-refractivity contribution in [2.24, 2.45) is 0 Å². The van der Waals surface area contributed by atoms with E-state index in [1.54, 1.807) is 30.3 Å². The summed E-state index contributed by atoms with van der Waals surface area (Å²) in [6, 6.07) is 16.0. The molecule has 2 aromatic rings. The summed E-state index contributed by atoms with van der Waals surface area (Å²) >= 11 is 0. The molecule has 0 saturated heterocycles. The fraction of sp³-hybridized carbons (Fsp3) is 0.250. The first-order valence-electron chi connectivity index (χ1n) is 6.59. The number of hydrogen-bond donors (Lipinski definition) is 1. The van der Waals surface area contributed by atoms with Crippen LogP contribution in [-0.4, -0.2) is 20.1 Å². The van der Waals surface area contributed by atoms with Crippen LogP contribution in [-0.2, 0) is 22.0 Å². The van der Waals surface area contributed by atoms with Crippen molar-refractivity contribution < 1.29 is 13.5 Å². The molecule has 1 N–H and O–H groups in total. The van der Waals surface area contributed by atoms with Crippen LogP contribution < -0.4 is 0 Å². The molecule has 0 spiro atoms. The quantitative estimate of drug-likeness (QED) is 0.889. The third-order valence-electron chi connectivity index (χ3n) is 3.17. The Morgan fingerprint density at radius 2 is 1.45 bits per heavy atom. The van der Waals surface area contributed by atoms with Crippen molar-refractivity contribution in [3.63, 3.8) is 0 Å². The van der Waals surface area contributed by atoms with E-state index in [4.69, 9.17) is 5.11 Å². The highest BCUT2D eigenvalue weighted by atomic mass is 32.2. The second kappa shape index (κ2) is 6.68. The summed E-state index contributed by atoms with van der Waals surface area (Å²) < 4.78 is 24.8. The van der Waals surface area contributed by atoms with Crippen molar-refractivity contribution in [2.45, 2.75) is 23.5 Å². The predicted octanol–water partition coefficient (Wildman–Crippen LogP) is 2.59. The van der Waals surface area contributed by atoms with Crippen LogP contribution in [0.15, 0.2) is 59.5 Å². The second-order valence-electron chi connectivity index (χ2n) is 4.67. The van der Waals surface area contributed by atoms with Crippen LogP contribution in [0.25, 0.3) is 0 Å². The zero-order valence-corrected chi connectivity index (χ0v) is 12.0. The third kappa shape index (κ3) is 3.68.